The largest absolute Gasteiger partial charge is 0.352 e. The molecular formula is C41H38N8O2S2. The van der Waals surface area contributed by atoms with Crippen LogP contribution in [0, 0.1) is 0 Å². The zero-order valence-electron chi connectivity index (χ0n) is 29.2. The Hall–Kier alpha value is -5.98. The third kappa shape index (κ3) is 9.09. The maximum absolute atomic E-state index is 13.3. The third-order valence-electron chi connectivity index (χ3n) is 8.62. The van der Waals surface area contributed by atoms with Crippen LogP contribution in [0.1, 0.15) is 47.6 Å². The molecule has 1 fully saturated rings. The van der Waals surface area contributed by atoms with E-state index in [1.807, 2.05) is 74.5 Å². The summed E-state index contributed by atoms with van der Waals surface area (Å²) >= 11 is 3.29. The molecule has 2 atom stereocenters. The number of imide groups is 1. The Kier molecular flexibility index (Phi) is 10.8. The van der Waals surface area contributed by atoms with E-state index in [4.69, 9.17) is 9.97 Å². The van der Waals surface area contributed by atoms with Gasteiger partial charge in [-0.25, -0.2) is 24.7 Å². The van der Waals surface area contributed by atoms with Crippen LogP contribution < -0.4 is 21.3 Å². The van der Waals surface area contributed by atoms with Crippen molar-refractivity contribution in [3.63, 3.8) is 0 Å². The zero-order valence-corrected chi connectivity index (χ0v) is 30.8. The van der Waals surface area contributed by atoms with Crippen molar-refractivity contribution in [1.82, 2.24) is 30.6 Å². The summed E-state index contributed by atoms with van der Waals surface area (Å²) in [4.78, 5) is 48.5. The Labute approximate surface area is 316 Å². The lowest BCUT2D eigenvalue weighted by Gasteiger charge is -2.32. The van der Waals surface area contributed by atoms with Gasteiger partial charge >= 0.3 is 6.03 Å². The minimum Gasteiger partial charge on any atom is -0.352 e. The molecule has 0 spiro atoms. The van der Waals surface area contributed by atoms with E-state index in [1.165, 1.54) is 0 Å². The summed E-state index contributed by atoms with van der Waals surface area (Å²) in [6, 6.07) is 31.3. The molecule has 0 bridgehead atoms. The van der Waals surface area contributed by atoms with Crippen LogP contribution in [0.5, 0.6) is 0 Å². The van der Waals surface area contributed by atoms with Crippen LogP contribution in [0.3, 0.4) is 0 Å². The Balaban J connectivity index is 0.990. The average Bonchev–Trinajstić information content (AvgIpc) is 3.90. The fraction of sp³-hybridized carbons (Fsp3) is 0.171. The molecule has 10 nitrogen and oxygen atoms in total. The highest BCUT2D eigenvalue weighted by Gasteiger charge is 2.47. The van der Waals surface area contributed by atoms with E-state index < -0.39 is 11.6 Å². The van der Waals surface area contributed by atoms with Crippen LogP contribution in [-0.2, 0) is 4.79 Å². The highest BCUT2D eigenvalue weighted by molar-refractivity contribution is 7.16. The van der Waals surface area contributed by atoms with Crippen LogP contribution in [0.4, 0.5) is 16.7 Å². The van der Waals surface area contributed by atoms with Gasteiger partial charge in [0.05, 0.1) is 21.1 Å². The van der Waals surface area contributed by atoms with Gasteiger partial charge in [0, 0.05) is 34.2 Å². The number of anilines is 2. The number of aromatic nitrogens is 4. The minimum atomic E-state index is -1.17. The van der Waals surface area contributed by atoms with Crippen LogP contribution in [-0.4, -0.2) is 49.5 Å². The molecule has 1 aliphatic rings. The van der Waals surface area contributed by atoms with E-state index >= 15 is 0 Å². The van der Waals surface area contributed by atoms with Crippen molar-refractivity contribution < 1.29 is 9.59 Å². The van der Waals surface area contributed by atoms with E-state index in [0.717, 1.165) is 42.0 Å². The van der Waals surface area contributed by atoms with Crippen molar-refractivity contribution in [2.75, 3.05) is 10.6 Å². The predicted molar refractivity (Wildman–Crippen MR) is 216 cm³/mol. The molecule has 4 N–H and O–H groups in total. The van der Waals surface area contributed by atoms with E-state index in [9.17, 15) is 9.59 Å². The van der Waals surface area contributed by atoms with Crippen molar-refractivity contribution >= 4 is 70.8 Å². The van der Waals surface area contributed by atoms with E-state index in [0.29, 0.717) is 24.7 Å². The molecule has 1 aliphatic heterocycles. The summed E-state index contributed by atoms with van der Waals surface area (Å²) in [5, 5.41) is 12.0. The molecule has 266 valence electrons. The molecule has 4 aromatic heterocycles. The number of benzene rings is 2. The lowest BCUT2D eigenvalue weighted by Crippen LogP contribution is -2.52. The molecule has 1 saturated heterocycles. The zero-order chi connectivity index (χ0) is 36.6. The molecule has 0 saturated carbocycles. The van der Waals surface area contributed by atoms with E-state index in [-0.39, 0.29) is 18.0 Å². The second kappa shape index (κ2) is 16.1. The van der Waals surface area contributed by atoms with E-state index in [1.54, 1.807) is 35.1 Å². The highest BCUT2D eigenvalue weighted by Crippen LogP contribution is 2.31. The number of urea groups is 1. The number of amides is 3. The number of nitrogens with zero attached hydrogens (tertiary/aromatic N) is 4. The SMILES string of the molecule is CC(CC1(CC(C)Nc2nccc(-c3ccc(C=Cc4ccccc4)s3)n2)NC(=O)NC1=O)Nc1nccc(-c2ccc(C=Cc3ccccc3)s2)n1. The molecule has 6 aromatic rings. The van der Waals surface area contributed by atoms with Gasteiger partial charge in [-0.1, -0.05) is 72.8 Å². The highest BCUT2D eigenvalue weighted by atomic mass is 32.1. The molecule has 3 amide bonds. The predicted octanol–water partition coefficient (Wildman–Crippen LogP) is 8.72. The van der Waals surface area contributed by atoms with Gasteiger partial charge < -0.3 is 16.0 Å². The van der Waals surface area contributed by atoms with Crippen molar-refractivity contribution in [3.05, 3.63) is 130 Å². The quantitative estimate of drug-likeness (QED) is 0.0816. The number of rotatable bonds is 14. The number of nitrogens with one attached hydrogen (secondary N) is 4. The first kappa shape index (κ1) is 35.4. The maximum atomic E-state index is 13.3. The average molecular weight is 739 g/mol. The fourth-order valence-corrected chi connectivity index (χ4v) is 8.02. The lowest BCUT2D eigenvalue weighted by molar-refractivity contribution is -0.124. The van der Waals surface area contributed by atoms with Crippen LogP contribution in [0.25, 0.3) is 45.4 Å². The molecule has 0 radical (unpaired) electrons. The summed E-state index contributed by atoms with van der Waals surface area (Å²) in [6.45, 7) is 3.89. The summed E-state index contributed by atoms with van der Waals surface area (Å²) in [7, 11) is 0. The molecule has 0 aliphatic carbocycles. The van der Waals surface area contributed by atoms with Crippen LogP contribution in [0.15, 0.2) is 109 Å². The standard InChI is InChI=1S/C41H38N8O2S2/c1-27(44-38-42-23-21-33(46-38)35-19-17-31(52-35)15-13-29-9-5-3-6-10-29)25-41(37(50)48-40(51)49-41)26-28(2)45-39-43-24-22-34(47-39)36-20-18-32(53-36)16-14-30-11-7-4-8-12-30/h3-24,27-28H,25-26H2,1-2H3,(H,42,44,46)(H,43,45,47)(H2,48,49,50,51). The minimum absolute atomic E-state index is 0.266. The van der Waals surface area contributed by atoms with Gasteiger partial charge in [0.2, 0.25) is 11.9 Å². The first-order valence-corrected chi connectivity index (χ1v) is 18.9. The van der Waals surface area contributed by atoms with Crippen molar-refractivity contribution in [1.29, 1.82) is 0 Å². The number of carbonyl (C=O) groups is 2. The smallest absolute Gasteiger partial charge is 0.322 e. The number of thiophene rings is 2. The lowest BCUT2D eigenvalue weighted by atomic mass is 9.85. The molecule has 12 heteroatoms. The van der Waals surface area contributed by atoms with Crippen molar-refractivity contribution in [2.24, 2.45) is 0 Å². The Morgan fingerprint density at radius 1 is 0.642 bits per heavy atom. The Morgan fingerprint density at radius 3 is 1.55 bits per heavy atom. The Bertz CT molecular complexity index is 2110. The summed E-state index contributed by atoms with van der Waals surface area (Å²) < 4.78 is 0. The Morgan fingerprint density at radius 2 is 1.11 bits per heavy atom. The molecular weight excluding hydrogens is 701 g/mol. The van der Waals surface area contributed by atoms with Gasteiger partial charge in [-0.3, -0.25) is 10.1 Å². The normalized spacial score (nSPS) is 16.8. The van der Waals surface area contributed by atoms with Gasteiger partial charge in [-0.05, 0) is 86.4 Å². The van der Waals surface area contributed by atoms with Gasteiger partial charge in [-0.15, -0.1) is 22.7 Å². The molecule has 53 heavy (non-hydrogen) atoms. The van der Waals surface area contributed by atoms with Gasteiger partial charge in [-0.2, -0.15) is 0 Å². The fourth-order valence-electron chi connectivity index (χ4n) is 6.26. The summed E-state index contributed by atoms with van der Waals surface area (Å²) in [6.07, 6.45) is 12.4. The van der Waals surface area contributed by atoms with Gasteiger partial charge in [0.1, 0.15) is 5.54 Å². The van der Waals surface area contributed by atoms with Gasteiger partial charge in [0.25, 0.3) is 5.91 Å². The first-order valence-electron chi connectivity index (χ1n) is 17.3. The number of hydrogen-bond acceptors (Lipinski definition) is 10. The molecule has 5 heterocycles. The first-order chi connectivity index (χ1) is 25.8. The summed E-state index contributed by atoms with van der Waals surface area (Å²) in [5.74, 6) is 0.500. The summed E-state index contributed by atoms with van der Waals surface area (Å²) in [5.41, 5.74) is 2.69. The maximum Gasteiger partial charge on any atom is 0.322 e. The number of hydrogen-bond donors (Lipinski definition) is 4. The molecule has 2 unspecified atom stereocenters. The van der Waals surface area contributed by atoms with Crippen LogP contribution >= 0.6 is 22.7 Å². The van der Waals surface area contributed by atoms with Gasteiger partial charge in [0.15, 0.2) is 0 Å². The monoisotopic (exact) mass is 738 g/mol. The molecule has 7 rings (SSSR count). The number of carbonyl (C=O) groups excluding carboxylic acids is 2. The topological polar surface area (TPSA) is 134 Å². The third-order valence-corrected chi connectivity index (χ3v) is 10.8. The van der Waals surface area contributed by atoms with E-state index in [2.05, 4.69) is 91.9 Å². The second-order valence-corrected chi connectivity index (χ2v) is 15.1. The second-order valence-electron chi connectivity index (χ2n) is 12.9. The van der Waals surface area contributed by atoms with Crippen molar-refractivity contribution in [3.8, 4) is 21.1 Å². The van der Waals surface area contributed by atoms with Crippen molar-refractivity contribution in [2.45, 2.75) is 44.3 Å². The van der Waals surface area contributed by atoms with Crippen LogP contribution in [0.2, 0.25) is 0 Å². The molecule has 2 aromatic carbocycles.